The minimum atomic E-state index is 0.757. The Kier molecular flexibility index (Phi) is 6.02. The Bertz CT molecular complexity index is 453. The summed E-state index contributed by atoms with van der Waals surface area (Å²) in [4.78, 5) is 7.17. The van der Waals surface area contributed by atoms with E-state index in [1.165, 1.54) is 12.8 Å². The molecular weight excluding hydrogens is 264 g/mol. The van der Waals surface area contributed by atoms with Crippen molar-refractivity contribution in [1.82, 2.24) is 25.0 Å². The second-order valence-electron chi connectivity index (χ2n) is 5.72. The summed E-state index contributed by atoms with van der Waals surface area (Å²) < 4.78 is 2.09. The van der Waals surface area contributed by atoms with Gasteiger partial charge in [-0.25, -0.2) is 0 Å². The number of aromatic nitrogens is 3. The molecule has 2 rings (SSSR count). The van der Waals surface area contributed by atoms with Crippen LogP contribution in [0.3, 0.4) is 0 Å². The summed E-state index contributed by atoms with van der Waals surface area (Å²) in [5.41, 5.74) is 0. The molecule has 21 heavy (non-hydrogen) atoms. The van der Waals surface area contributed by atoms with E-state index in [2.05, 4.69) is 45.8 Å². The standard InChI is InChI=1S/C15H28N6/c1-4-14-19-18-12-21(14)10-8-17-15(16-5-2)20-9-6-7-13(3)11-20/h12-13H,4-11H2,1-3H3,(H,16,17). The molecule has 0 saturated carbocycles. The van der Waals surface area contributed by atoms with Gasteiger partial charge in [0.25, 0.3) is 0 Å². The van der Waals surface area contributed by atoms with Crippen LogP contribution in [-0.2, 0) is 13.0 Å². The summed E-state index contributed by atoms with van der Waals surface area (Å²) in [6, 6.07) is 0. The van der Waals surface area contributed by atoms with Gasteiger partial charge in [0, 0.05) is 32.6 Å². The lowest BCUT2D eigenvalue weighted by atomic mass is 10.0. The molecule has 0 aliphatic carbocycles. The Morgan fingerprint density at radius 1 is 1.48 bits per heavy atom. The summed E-state index contributed by atoms with van der Waals surface area (Å²) in [6.07, 6.45) is 5.30. The van der Waals surface area contributed by atoms with Crippen LogP contribution in [0.25, 0.3) is 0 Å². The first-order valence-corrected chi connectivity index (χ1v) is 8.14. The van der Waals surface area contributed by atoms with E-state index >= 15 is 0 Å². The zero-order valence-electron chi connectivity index (χ0n) is 13.5. The van der Waals surface area contributed by atoms with Crippen molar-refractivity contribution in [2.75, 3.05) is 26.2 Å². The second kappa shape index (κ2) is 8.00. The Morgan fingerprint density at radius 2 is 2.33 bits per heavy atom. The number of aliphatic imine (C=N–C) groups is 1. The Morgan fingerprint density at radius 3 is 3.05 bits per heavy atom. The molecule has 0 spiro atoms. The van der Waals surface area contributed by atoms with E-state index in [9.17, 15) is 0 Å². The fraction of sp³-hybridized carbons (Fsp3) is 0.800. The number of aryl methyl sites for hydroxylation is 1. The van der Waals surface area contributed by atoms with E-state index in [-0.39, 0.29) is 0 Å². The smallest absolute Gasteiger partial charge is 0.193 e. The van der Waals surface area contributed by atoms with Crippen molar-refractivity contribution >= 4 is 5.96 Å². The third-order valence-corrected chi connectivity index (χ3v) is 3.91. The molecule has 0 radical (unpaired) electrons. The Labute approximate surface area is 127 Å². The third-order valence-electron chi connectivity index (χ3n) is 3.91. The van der Waals surface area contributed by atoms with Crippen molar-refractivity contribution in [3.8, 4) is 0 Å². The molecule has 1 saturated heterocycles. The maximum absolute atomic E-state index is 4.78. The number of rotatable bonds is 5. The van der Waals surface area contributed by atoms with E-state index < -0.39 is 0 Å². The quantitative estimate of drug-likeness (QED) is 0.660. The first kappa shape index (κ1) is 15.8. The number of piperidine rings is 1. The van der Waals surface area contributed by atoms with Crippen LogP contribution in [-0.4, -0.2) is 51.8 Å². The van der Waals surface area contributed by atoms with Crippen LogP contribution >= 0.6 is 0 Å². The zero-order valence-corrected chi connectivity index (χ0v) is 13.5. The van der Waals surface area contributed by atoms with Crippen molar-refractivity contribution in [3.63, 3.8) is 0 Å². The average molecular weight is 292 g/mol. The lowest BCUT2D eigenvalue weighted by Crippen LogP contribution is -2.46. The SMILES string of the molecule is CCNC(=NCCn1cnnc1CC)N1CCCC(C)C1. The number of guanidine groups is 1. The highest BCUT2D eigenvalue weighted by atomic mass is 15.3. The van der Waals surface area contributed by atoms with Crippen molar-refractivity contribution in [2.24, 2.45) is 10.9 Å². The van der Waals surface area contributed by atoms with Gasteiger partial charge in [0.15, 0.2) is 5.96 Å². The summed E-state index contributed by atoms with van der Waals surface area (Å²) >= 11 is 0. The maximum atomic E-state index is 4.78. The molecule has 0 bridgehead atoms. The lowest BCUT2D eigenvalue weighted by molar-refractivity contribution is 0.266. The maximum Gasteiger partial charge on any atom is 0.193 e. The second-order valence-corrected chi connectivity index (χ2v) is 5.72. The van der Waals surface area contributed by atoms with Crippen molar-refractivity contribution in [2.45, 2.75) is 46.6 Å². The zero-order chi connectivity index (χ0) is 15.1. The Hall–Kier alpha value is -1.59. The third kappa shape index (κ3) is 4.44. The highest BCUT2D eigenvalue weighted by Gasteiger charge is 2.18. The summed E-state index contributed by atoms with van der Waals surface area (Å²) in [7, 11) is 0. The van der Waals surface area contributed by atoms with E-state index in [1.807, 2.05) is 0 Å². The van der Waals surface area contributed by atoms with Gasteiger partial charge in [-0.3, -0.25) is 4.99 Å². The molecule has 1 aromatic heterocycles. The molecule has 6 nitrogen and oxygen atoms in total. The van der Waals surface area contributed by atoms with Crippen LogP contribution in [0.5, 0.6) is 0 Å². The van der Waals surface area contributed by atoms with Crippen LogP contribution in [0.4, 0.5) is 0 Å². The van der Waals surface area contributed by atoms with Gasteiger partial charge >= 0.3 is 0 Å². The molecule has 1 atom stereocenters. The van der Waals surface area contributed by atoms with Crippen molar-refractivity contribution in [1.29, 1.82) is 0 Å². The molecule has 6 heteroatoms. The first-order chi connectivity index (χ1) is 10.2. The number of hydrogen-bond donors (Lipinski definition) is 1. The molecule has 1 unspecified atom stereocenters. The van der Waals surface area contributed by atoms with E-state index in [0.29, 0.717) is 0 Å². The number of likely N-dealkylation sites (tertiary alicyclic amines) is 1. The molecule has 1 aliphatic heterocycles. The lowest BCUT2D eigenvalue weighted by Gasteiger charge is -2.33. The molecule has 1 N–H and O–H groups in total. The van der Waals surface area contributed by atoms with Gasteiger partial charge in [0.2, 0.25) is 0 Å². The average Bonchev–Trinajstić information content (AvgIpc) is 2.94. The van der Waals surface area contributed by atoms with E-state index in [0.717, 1.165) is 56.8 Å². The Balaban J connectivity index is 1.94. The predicted molar refractivity (Wildman–Crippen MR) is 85.3 cm³/mol. The minimum Gasteiger partial charge on any atom is -0.357 e. The molecule has 118 valence electrons. The summed E-state index contributed by atoms with van der Waals surface area (Å²) in [5, 5.41) is 11.5. The summed E-state index contributed by atoms with van der Waals surface area (Å²) in [6.45, 7) is 11.3. The van der Waals surface area contributed by atoms with Crippen molar-refractivity contribution in [3.05, 3.63) is 12.2 Å². The summed E-state index contributed by atoms with van der Waals surface area (Å²) in [5.74, 6) is 2.84. The van der Waals surface area contributed by atoms with Crippen LogP contribution in [0.1, 0.15) is 39.4 Å². The van der Waals surface area contributed by atoms with Gasteiger partial charge < -0.3 is 14.8 Å². The molecule has 1 aromatic rings. The minimum absolute atomic E-state index is 0.757. The topological polar surface area (TPSA) is 58.3 Å². The van der Waals surface area contributed by atoms with Gasteiger partial charge in [0.05, 0.1) is 6.54 Å². The molecule has 1 aliphatic rings. The fourth-order valence-electron chi connectivity index (χ4n) is 2.81. The fourth-order valence-corrected chi connectivity index (χ4v) is 2.81. The van der Waals surface area contributed by atoms with Crippen LogP contribution in [0, 0.1) is 5.92 Å². The molecular formula is C15H28N6. The number of nitrogens with one attached hydrogen (secondary N) is 1. The van der Waals surface area contributed by atoms with E-state index in [1.54, 1.807) is 6.33 Å². The van der Waals surface area contributed by atoms with Crippen LogP contribution in [0.2, 0.25) is 0 Å². The van der Waals surface area contributed by atoms with Gasteiger partial charge in [0.1, 0.15) is 12.2 Å². The predicted octanol–water partition coefficient (Wildman–Crippen LogP) is 1.54. The molecule has 0 amide bonds. The first-order valence-electron chi connectivity index (χ1n) is 8.14. The largest absolute Gasteiger partial charge is 0.357 e. The highest BCUT2D eigenvalue weighted by molar-refractivity contribution is 5.80. The van der Waals surface area contributed by atoms with Gasteiger partial charge in [-0.1, -0.05) is 13.8 Å². The van der Waals surface area contributed by atoms with E-state index in [4.69, 9.17) is 4.99 Å². The number of hydrogen-bond acceptors (Lipinski definition) is 3. The monoisotopic (exact) mass is 292 g/mol. The van der Waals surface area contributed by atoms with Gasteiger partial charge in [-0.15, -0.1) is 10.2 Å². The van der Waals surface area contributed by atoms with Crippen LogP contribution < -0.4 is 5.32 Å². The number of nitrogens with zero attached hydrogens (tertiary/aromatic N) is 5. The van der Waals surface area contributed by atoms with Crippen molar-refractivity contribution < 1.29 is 0 Å². The molecule has 1 fully saturated rings. The van der Waals surface area contributed by atoms with Gasteiger partial charge in [-0.05, 0) is 25.7 Å². The molecule has 2 heterocycles. The van der Waals surface area contributed by atoms with Gasteiger partial charge in [-0.2, -0.15) is 0 Å². The highest BCUT2D eigenvalue weighted by Crippen LogP contribution is 2.15. The van der Waals surface area contributed by atoms with Crippen LogP contribution in [0.15, 0.2) is 11.3 Å². The molecule has 0 aromatic carbocycles. The normalized spacial score (nSPS) is 19.9.